The summed E-state index contributed by atoms with van der Waals surface area (Å²) < 4.78 is 5.59. The maximum atomic E-state index is 6.09. The number of rotatable bonds is 2. The van der Waals surface area contributed by atoms with Gasteiger partial charge in [-0.05, 0) is 30.4 Å². The Morgan fingerprint density at radius 1 is 1.15 bits per heavy atom. The van der Waals surface area contributed by atoms with Crippen molar-refractivity contribution in [1.29, 1.82) is 0 Å². The van der Waals surface area contributed by atoms with Crippen LogP contribution in [0.3, 0.4) is 0 Å². The first kappa shape index (κ1) is 15.9. The third kappa shape index (κ3) is 2.73. The Hall–Kier alpha value is -3.28. The number of allylic oxidation sites excluding steroid dienone is 7. The molecule has 0 saturated heterocycles. The van der Waals surface area contributed by atoms with Crippen LogP contribution in [0, 0.1) is 11.8 Å². The molecule has 2 aromatic rings. The molecule has 3 atom stereocenters. The van der Waals surface area contributed by atoms with E-state index in [-0.39, 0.29) is 12.0 Å². The van der Waals surface area contributed by atoms with E-state index in [0.29, 0.717) is 23.4 Å². The summed E-state index contributed by atoms with van der Waals surface area (Å²) in [4.78, 5) is 8.24. The van der Waals surface area contributed by atoms with Crippen LogP contribution in [0.25, 0.3) is 11.1 Å². The van der Waals surface area contributed by atoms with Gasteiger partial charge in [-0.15, -0.1) is 0 Å². The first-order valence-corrected chi connectivity index (χ1v) is 9.18. The molecule has 6 nitrogen and oxygen atoms in total. The Balaban J connectivity index is 1.46. The monoisotopic (exact) mass is 359 g/mol. The zero-order chi connectivity index (χ0) is 18.4. The van der Waals surface area contributed by atoms with E-state index in [2.05, 4.69) is 63.9 Å². The molecule has 3 heterocycles. The lowest BCUT2D eigenvalue weighted by Gasteiger charge is -2.30. The third-order valence-electron chi connectivity index (χ3n) is 5.55. The number of hydrogen-bond donors (Lipinski definition) is 3. The Labute approximate surface area is 157 Å². The lowest BCUT2D eigenvalue weighted by molar-refractivity contribution is 0.426. The van der Waals surface area contributed by atoms with Crippen LogP contribution in [0.4, 0.5) is 11.8 Å². The minimum atomic E-state index is 0.131. The molecule has 0 radical (unpaired) electrons. The van der Waals surface area contributed by atoms with Crippen molar-refractivity contribution in [2.24, 2.45) is 11.8 Å². The van der Waals surface area contributed by atoms with Crippen LogP contribution in [0.2, 0.25) is 0 Å². The van der Waals surface area contributed by atoms with Crippen molar-refractivity contribution in [1.82, 2.24) is 15.3 Å². The Morgan fingerprint density at radius 2 is 2.07 bits per heavy atom. The van der Waals surface area contributed by atoms with E-state index in [9.17, 15) is 0 Å². The highest BCUT2D eigenvalue weighted by Crippen LogP contribution is 2.37. The number of nitrogen functional groups attached to an aromatic ring is 2. The van der Waals surface area contributed by atoms with Crippen molar-refractivity contribution in [2.45, 2.75) is 18.9 Å². The van der Waals surface area contributed by atoms with Crippen LogP contribution in [-0.4, -0.2) is 16.0 Å². The summed E-state index contributed by atoms with van der Waals surface area (Å²) in [6.07, 6.45) is 21.0. The van der Waals surface area contributed by atoms with Gasteiger partial charge in [0.1, 0.15) is 5.82 Å². The maximum Gasteiger partial charge on any atom is 0.233 e. The van der Waals surface area contributed by atoms with Gasteiger partial charge in [0.2, 0.25) is 11.7 Å². The van der Waals surface area contributed by atoms with E-state index in [1.54, 1.807) is 6.26 Å². The average Bonchev–Trinajstić information content (AvgIpc) is 2.94. The lowest BCUT2D eigenvalue weighted by Crippen LogP contribution is -2.33. The molecule has 0 amide bonds. The van der Waals surface area contributed by atoms with Gasteiger partial charge in [-0.3, -0.25) is 0 Å². The fraction of sp³-hybridized carbons (Fsp3) is 0.238. The molecule has 5 rings (SSSR count). The van der Waals surface area contributed by atoms with E-state index >= 15 is 0 Å². The van der Waals surface area contributed by atoms with Crippen LogP contribution in [0.1, 0.15) is 12.0 Å². The molecular weight excluding hydrogens is 338 g/mol. The number of nitrogens with zero attached hydrogens (tertiary/aromatic N) is 2. The average molecular weight is 359 g/mol. The van der Waals surface area contributed by atoms with E-state index < -0.39 is 0 Å². The van der Waals surface area contributed by atoms with Crippen LogP contribution < -0.4 is 16.8 Å². The van der Waals surface area contributed by atoms with E-state index in [1.807, 2.05) is 0 Å². The summed E-state index contributed by atoms with van der Waals surface area (Å²) in [5.74, 6) is 1.22. The van der Waals surface area contributed by atoms with E-state index in [1.165, 1.54) is 11.3 Å². The SMILES string of the molecule is Nc1nc(N)c2c(CC3C=CC=C4NC5C=CC=CC5=CCC43)coc2n1. The van der Waals surface area contributed by atoms with Crippen molar-refractivity contribution >= 4 is 22.9 Å². The molecule has 3 aliphatic rings. The zero-order valence-electron chi connectivity index (χ0n) is 14.8. The summed E-state index contributed by atoms with van der Waals surface area (Å²) >= 11 is 0. The van der Waals surface area contributed by atoms with Crippen LogP contribution in [0.5, 0.6) is 0 Å². The van der Waals surface area contributed by atoms with Gasteiger partial charge in [-0.2, -0.15) is 9.97 Å². The molecule has 136 valence electrons. The molecule has 6 heteroatoms. The van der Waals surface area contributed by atoms with Crippen molar-refractivity contribution in [2.75, 3.05) is 11.5 Å². The fourth-order valence-corrected chi connectivity index (χ4v) is 4.23. The van der Waals surface area contributed by atoms with Gasteiger partial charge < -0.3 is 21.2 Å². The molecule has 0 saturated carbocycles. The standard InChI is InChI=1S/C21H21N5O/c22-19-18-14(11-27-20(18)26-21(23)25-19)10-13-5-3-7-17-15(13)9-8-12-4-1-2-6-16(12)24-17/h1-8,11,13,15-16,24H,9-10H2,(H4,22,23,25,26). The molecule has 1 aliphatic heterocycles. The Kier molecular flexibility index (Phi) is 3.63. The highest BCUT2D eigenvalue weighted by molar-refractivity contribution is 5.88. The molecule has 0 fully saturated rings. The molecule has 3 unspecified atom stereocenters. The maximum absolute atomic E-state index is 6.09. The summed E-state index contributed by atoms with van der Waals surface area (Å²) in [5, 5.41) is 4.47. The topological polar surface area (TPSA) is 103 Å². The molecule has 0 bridgehead atoms. The summed E-state index contributed by atoms with van der Waals surface area (Å²) in [6, 6.07) is 0.250. The molecule has 27 heavy (non-hydrogen) atoms. The van der Waals surface area contributed by atoms with Crippen molar-refractivity contribution in [3.63, 3.8) is 0 Å². The second-order valence-corrected chi connectivity index (χ2v) is 7.20. The Bertz CT molecular complexity index is 1060. The minimum Gasteiger partial charge on any atom is -0.446 e. The number of furan rings is 1. The predicted octanol–water partition coefficient (Wildman–Crippen LogP) is 3.03. The quantitative estimate of drug-likeness (QED) is 0.761. The zero-order valence-corrected chi connectivity index (χ0v) is 14.8. The smallest absolute Gasteiger partial charge is 0.233 e. The van der Waals surface area contributed by atoms with Gasteiger partial charge in [0.25, 0.3) is 0 Å². The normalized spacial score (nSPS) is 26.0. The van der Waals surface area contributed by atoms with Crippen molar-refractivity contribution in [3.05, 3.63) is 71.7 Å². The number of anilines is 2. The van der Waals surface area contributed by atoms with Gasteiger partial charge in [0.05, 0.1) is 17.7 Å². The second kappa shape index (κ2) is 6.16. The highest BCUT2D eigenvalue weighted by Gasteiger charge is 2.30. The number of aromatic nitrogens is 2. The number of nitrogens with two attached hydrogens (primary N) is 2. The first-order valence-electron chi connectivity index (χ1n) is 9.18. The van der Waals surface area contributed by atoms with Gasteiger partial charge in [-0.25, -0.2) is 0 Å². The molecule has 2 aliphatic carbocycles. The van der Waals surface area contributed by atoms with E-state index in [0.717, 1.165) is 23.8 Å². The highest BCUT2D eigenvalue weighted by atomic mass is 16.3. The predicted molar refractivity (Wildman–Crippen MR) is 106 cm³/mol. The number of nitrogens with one attached hydrogen (secondary N) is 1. The van der Waals surface area contributed by atoms with Gasteiger partial charge in [0.15, 0.2) is 0 Å². The lowest BCUT2D eigenvalue weighted by atomic mass is 9.80. The summed E-state index contributed by atoms with van der Waals surface area (Å²) in [5.41, 5.74) is 15.8. The molecule has 0 spiro atoms. The van der Waals surface area contributed by atoms with Gasteiger partial charge in [0, 0.05) is 17.2 Å². The number of hydrogen-bond acceptors (Lipinski definition) is 6. The van der Waals surface area contributed by atoms with Gasteiger partial charge >= 0.3 is 0 Å². The largest absolute Gasteiger partial charge is 0.446 e. The third-order valence-corrected chi connectivity index (χ3v) is 5.55. The van der Waals surface area contributed by atoms with Crippen LogP contribution in [0.15, 0.2) is 70.6 Å². The van der Waals surface area contributed by atoms with Crippen molar-refractivity contribution < 1.29 is 4.42 Å². The Morgan fingerprint density at radius 3 is 3.00 bits per heavy atom. The molecule has 2 aromatic heterocycles. The van der Waals surface area contributed by atoms with E-state index in [4.69, 9.17) is 15.9 Å². The minimum absolute atomic E-state index is 0.131. The van der Waals surface area contributed by atoms with Gasteiger partial charge in [-0.1, -0.05) is 42.5 Å². The molecular formula is C21H21N5O. The summed E-state index contributed by atoms with van der Waals surface area (Å²) in [7, 11) is 0. The summed E-state index contributed by atoms with van der Waals surface area (Å²) in [6.45, 7) is 0. The second-order valence-electron chi connectivity index (χ2n) is 7.20. The molecule has 0 aromatic carbocycles. The number of fused-ring (bicyclic) bond motifs is 3. The first-order chi connectivity index (χ1) is 13.2. The molecule has 5 N–H and O–H groups in total. The van der Waals surface area contributed by atoms with Crippen molar-refractivity contribution in [3.8, 4) is 0 Å². The van der Waals surface area contributed by atoms with Crippen LogP contribution in [-0.2, 0) is 6.42 Å². The van der Waals surface area contributed by atoms with Crippen LogP contribution >= 0.6 is 0 Å². The fourth-order valence-electron chi connectivity index (χ4n) is 4.23.